The van der Waals surface area contributed by atoms with Crippen LogP contribution in [0.1, 0.15) is 24.2 Å². The molecule has 1 rings (SSSR count). The smallest absolute Gasteiger partial charge is 0.251 e. The van der Waals surface area contributed by atoms with Crippen molar-refractivity contribution < 1.29 is 9.59 Å². The lowest BCUT2D eigenvalue weighted by Crippen LogP contribution is -2.36. The first-order chi connectivity index (χ1) is 9.41. The number of rotatable bonds is 6. The van der Waals surface area contributed by atoms with Gasteiger partial charge in [0.05, 0.1) is 0 Å². The molecule has 0 fully saturated rings. The lowest BCUT2D eigenvalue weighted by Gasteiger charge is -2.13. The lowest BCUT2D eigenvalue weighted by atomic mass is 10.2. The normalized spacial score (nSPS) is 10.2. The van der Waals surface area contributed by atoms with E-state index in [1.807, 2.05) is 45.0 Å². The van der Waals surface area contributed by atoms with Gasteiger partial charge in [0.15, 0.2) is 0 Å². The van der Waals surface area contributed by atoms with Gasteiger partial charge in [0.25, 0.3) is 5.91 Å². The topological polar surface area (TPSA) is 61.4 Å². The van der Waals surface area contributed by atoms with Crippen LogP contribution in [-0.2, 0) is 4.79 Å². The highest BCUT2D eigenvalue weighted by molar-refractivity contribution is 5.94. The summed E-state index contributed by atoms with van der Waals surface area (Å²) in [6, 6.07) is 7.37. The average molecular weight is 277 g/mol. The Bertz CT molecular complexity index is 453. The van der Waals surface area contributed by atoms with Gasteiger partial charge in [0, 0.05) is 44.4 Å². The molecule has 2 N–H and O–H groups in total. The van der Waals surface area contributed by atoms with Crippen molar-refractivity contribution in [3.63, 3.8) is 0 Å². The van der Waals surface area contributed by atoms with Crippen LogP contribution in [0.25, 0.3) is 0 Å². The van der Waals surface area contributed by atoms with E-state index in [0.29, 0.717) is 18.7 Å². The monoisotopic (exact) mass is 277 g/mol. The summed E-state index contributed by atoms with van der Waals surface area (Å²) < 4.78 is 0. The van der Waals surface area contributed by atoms with Crippen LogP contribution in [0.5, 0.6) is 0 Å². The van der Waals surface area contributed by atoms with E-state index in [1.54, 1.807) is 12.1 Å². The highest BCUT2D eigenvalue weighted by Crippen LogP contribution is 2.11. The molecule has 110 valence electrons. The molecule has 5 nitrogen and oxygen atoms in total. The maximum atomic E-state index is 11.9. The summed E-state index contributed by atoms with van der Waals surface area (Å²) in [6.07, 6.45) is 0. The minimum absolute atomic E-state index is 0.00501. The van der Waals surface area contributed by atoms with Crippen LogP contribution < -0.4 is 15.5 Å². The molecule has 2 amide bonds. The van der Waals surface area contributed by atoms with Gasteiger partial charge in [-0.2, -0.15) is 0 Å². The molecule has 20 heavy (non-hydrogen) atoms. The molecule has 0 unspecified atom stereocenters. The fraction of sp³-hybridized carbons (Fsp3) is 0.467. The Morgan fingerprint density at radius 3 is 2.10 bits per heavy atom. The van der Waals surface area contributed by atoms with E-state index < -0.39 is 0 Å². The third-order valence-corrected chi connectivity index (χ3v) is 2.88. The Morgan fingerprint density at radius 1 is 1.05 bits per heavy atom. The summed E-state index contributed by atoms with van der Waals surface area (Å²) in [5.74, 6) is -0.173. The van der Waals surface area contributed by atoms with Gasteiger partial charge >= 0.3 is 0 Å². The summed E-state index contributed by atoms with van der Waals surface area (Å²) in [7, 11) is 3.90. The van der Waals surface area contributed by atoms with Crippen molar-refractivity contribution in [2.75, 3.05) is 32.1 Å². The second-order valence-corrected chi connectivity index (χ2v) is 5.14. The van der Waals surface area contributed by atoms with Crippen LogP contribution in [0.4, 0.5) is 5.69 Å². The van der Waals surface area contributed by atoms with Crippen molar-refractivity contribution in [2.24, 2.45) is 5.92 Å². The third kappa shape index (κ3) is 4.91. The molecular weight excluding hydrogens is 254 g/mol. The first-order valence-electron chi connectivity index (χ1n) is 6.75. The number of hydrogen-bond acceptors (Lipinski definition) is 3. The lowest BCUT2D eigenvalue weighted by molar-refractivity contribution is -0.123. The first kappa shape index (κ1) is 16.0. The standard InChI is InChI=1S/C15H23N3O2/c1-11(2)14(19)16-9-10-17-15(20)12-5-7-13(8-6-12)18(3)4/h5-8,11H,9-10H2,1-4H3,(H,16,19)(H,17,20). The minimum Gasteiger partial charge on any atom is -0.378 e. The maximum Gasteiger partial charge on any atom is 0.251 e. The Balaban J connectivity index is 2.38. The van der Waals surface area contributed by atoms with E-state index in [-0.39, 0.29) is 17.7 Å². The number of benzene rings is 1. The van der Waals surface area contributed by atoms with Crippen LogP contribution in [0.3, 0.4) is 0 Å². The highest BCUT2D eigenvalue weighted by Gasteiger charge is 2.07. The molecule has 1 aromatic rings. The Labute approximate surface area is 120 Å². The van der Waals surface area contributed by atoms with Gasteiger partial charge in [0.2, 0.25) is 5.91 Å². The van der Waals surface area contributed by atoms with Crippen molar-refractivity contribution in [3.05, 3.63) is 29.8 Å². The molecular formula is C15H23N3O2. The van der Waals surface area contributed by atoms with Crippen molar-refractivity contribution in [2.45, 2.75) is 13.8 Å². The highest BCUT2D eigenvalue weighted by atomic mass is 16.2. The van der Waals surface area contributed by atoms with Crippen molar-refractivity contribution >= 4 is 17.5 Å². The largest absolute Gasteiger partial charge is 0.378 e. The molecule has 0 spiro atoms. The zero-order valence-electron chi connectivity index (χ0n) is 12.6. The van der Waals surface area contributed by atoms with E-state index in [9.17, 15) is 9.59 Å². The van der Waals surface area contributed by atoms with Gasteiger partial charge in [0.1, 0.15) is 0 Å². The average Bonchev–Trinajstić information content (AvgIpc) is 2.43. The molecule has 5 heteroatoms. The molecule has 1 aromatic carbocycles. The van der Waals surface area contributed by atoms with E-state index >= 15 is 0 Å². The number of amides is 2. The summed E-state index contributed by atoms with van der Waals surface area (Å²) in [5.41, 5.74) is 1.66. The molecule has 0 saturated carbocycles. The summed E-state index contributed by atoms with van der Waals surface area (Å²) in [4.78, 5) is 25.2. The van der Waals surface area contributed by atoms with Gasteiger partial charge in [-0.3, -0.25) is 9.59 Å². The van der Waals surface area contributed by atoms with Crippen molar-refractivity contribution in [1.29, 1.82) is 0 Å². The van der Waals surface area contributed by atoms with Crippen LogP contribution in [0.2, 0.25) is 0 Å². The molecule has 0 saturated heterocycles. The zero-order valence-corrected chi connectivity index (χ0v) is 12.6. The molecule has 0 atom stereocenters. The molecule has 0 aliphatic rings. The Kier molecular flexibility index (Phi) is 6.03. The van der Waals surface area contributed by atoms with Crippen LogP contribution in [0.15, 0.2) is 24.3 Å². The van der Waals surface area contributed by atoms with E-state index in [1.165, 1.54) is 0 Å². The van der Waals surface area contributed by atoms with Gasteiger partial charge in [-0.25, -0.2) is 0 Å². The SMILES string of the molecule is CC(C)C(=O)NCCNC(=O)c1ccc(N(C)C)cc1. The van der Waals surface area contributed by atoms with E-state index in [0.717, 1.165) is 5.69 Å². The Morgan fingerprint density at radius 2 is 1.60 bits per heavy atom. The van der Waals surface area contributed by atoms with Crippen LogP contribution in [0, 0.1) is 5.92 Å². The van der Waals surface area contributed by atoms with Crippen molar-refractivity contribution in [1.82, 2.24) is 10.6 Å². The summed E-state index contributed by atoms with van der Waals surface area (Å²) >= 11 is 0. The van der Waals surface area contributed by atoms with Gasteiger partial charge in [-0.15, -0.1) is 0 Å². The van der Waals surface area contributed by atoms with Crippen LogP contribution in [-0.4, -0.2) is 39.0 Å². The van der Waals surface area contributed by atoms with Gasteiger partial charge in [-0.05, 0) is 24.3 Å². The third-order valence-electron chi connectivity index (χ3n) is 2.88. The predicted molar refractivity (Wildman–Crippen MR) is 80.9 cm³/mol. The number of anilines is 1. The number of hydrogen-bond donors (Lipinski definition) is 2. The second-order valence-electron chi connectivity index (χ2n) is 5.14. The Hall–Kier alpha value is -2.04. The quantitative estimate of drug-likeness (QED) is 0.769. The number of carbonyl (C=O) groups is 2. The number of carbonyl (C=O) groups excluding carboxylic acids is 2. The number of nitrogens with zero attached hydrogens (tertiary/aromatic N) is 1. The van der Waals surface area contributed by atoms with E-state index in [4.69, 9.17) is 0 Å². The first-order valence-corrected chi connectivity index (χ1v) is 6.75. The molecule has 0 heterocycles. The maximum absolute atomic E-state index is 11.9. The fourth-order valence-corrected chi connectivity index (χ4v) is 1.58. The fourth-order valence-electron chi connectivity index (χ4n) is 1.58. The zero-order chi connectivity index (χ0) is 15.1. The molecule has 0 aliphatic carbocycles. The summed E-state index contributed by atoms with van der Waals surface area (Å²) in [5, 5.41) is 5.53. The van der Waals surface area contributed by atoms with Gasteiger partial charge in [-0.1, -0.05) is 13.8 Å². The molecule has 0 aliphatic heterocycles. The van der Waals surface area contributed by atoms with Crippen LogP contribution >= 0.6 is 0 Å². The number of nitrogens with one attached hydrogen (secondary N) is 2. The molecule has 0 radical (unpaired) electrons. The second kappa shape index (κ2) is 7.53. The van der Waals surface area contributed by atoms with Gasteiger partial charge < -0.3 is 15.5 Å². The molecule has 0 aromatic heterocycles. The summed E-state index contributed by atoms with van der Waals surface area (Å²) in [6.45, 7) is 4.53. The molecule has 0 bridgehead atoms. The minimum atomic E-state index is -0.130. The van der Waals surface area contributed by atoms with Crippen molar-refractivity contribution in [3.8, 4) is 0 Å². The van der Waals surface area contributed by atoms with E-state index in [2.05, 4.69) is 10.6 Å². The predicted octanol–water partition coefficient (Wildman–Crippen LogP) is 1.25.